The molecule has 0 saturated carbocycles. The highest BCUT2D eigenvalue weighted by atomic mass is 16.6. The lowest BCUT2D eigenvalue weighted by Crippen LogP contribution is -2.39. The number of nitro benzene ring substituents is 1. The molecular formula is C20H28N2O5. The van der Waals surface area contributed by atoms with E-state index in [0.29, 0.717) is 19.5 Å². The average Bonchev–Trinajstić information content (AvgIpc) is 2.54. The first-order valence-electron chi connectivity index (χ1n) is 9.11. The molecule has 1 heterocycles. The van der Waals surface area contributed by atoms with Crippen LogP contribution in [0.1, 0.15) is 52.2 Å². The van der Waals surface area contributed by atoms with Gasteiger partial charge in [-0.2, -0.15) is 0 Å². The molecule has 0 N–H and O–H groups in total. The van der Waals surface area contributed by atoms with Crippen molar-refractivity contribution < 1.29 is 19.2 Å². The Labute approximate surface area is 160 Å². The van der Waals surface area contributed by atoms with Crippen molar-refractivity contribution in [3.63, 3.8) is 0 Å². The number of hydrogen-bond donors (Lipinski definition) is 0. The van der Waals surface area contributed by atoms with E-state index in [2.05, 4.69) is 0 Å². The summed E-state index contributed by atoms with van der Waals surface area (Å²) < 4.78 is 11.1. The minimum atomic E-state index is -0.529. The second kappa shape index (κ2) is 7.98. The van der Waals surface area contributed by atoms with Crippen LogP contribution in [-0.2, 0) is 4.74 Å². The van der Waals surface area contributed by atoms with Gasteiger partial charge in [0.1, 0.15) is 5.60 Å². The second-order valence-electron chi connectivity index (χ2n) is 7.96. The number of nitro groups is 1. The minimum Gasteiger partial charge on any atom is -0.484 e. The summed E-state index contributed by atoms with van der Waals surface area (Å²) in [5.74, 6) is 0.270. The van der Waals surface area contributed by atoms with Gasteiger partial charge in [-0.1, -0.05) is 6.08 Å². The van der Waals surface area contributed by atoms with E-state index in [1.54, 1.807) is 17.0 Å². The van der Waals surface area contributed by atoms with Crippen LogP contribution in [0.25, 0.3) is 5.57 Å². The molecular weight excluding hydrogens is 348 g/mol. The van der Waals surface area contributed by atoms with Crippen LogP contribution in [0.3, 0.4) is 0 Å². The molecule has 1 aromatic rings. The third kappa shape index (κ3) is 5.45. The predicted octanol–water partition coefficient (Wildman–Crippen LogP) is 4.71. The van der Waals surface area contributed by atoms with Crippen LogP contribution < -0.4 is 4.74 Å². The first-order valence-corrected chi connectivity index (χ1v) is 9.11. The minimum absolute atomic E-state index is 0.0308. The van der Waals surface area contributed by atoms with E-state index in [4.69, 9.17) is 9.47 Å². The Morgan fingerprint density at radius 1 is 1.30 bits per heavy atom. The molecule has 0 unspecified atom stereocenters. The lowest BCUT2D eigenvalue weighted by molar-refractivity contribution is -0.386. The van der Waals surface area contributed by atoms with Crippen molar-refractivity contribution in [3.8, 4) is 5.75 Å². The Kier molecular flexibility index (Phi) is 6.13. The summed E-state index contributed by atoms with van der Waals surface area (Å²) in [5.41, 5.74) is 2.22. The molecule has 0 aliphatic carbocycles. The van der Waals surface area contributed by atoms with Gasteiger partial charge >= 0.3 is 11.8 Å². The standard InChI is InChI=1S/C20H28N2O5/c1-13(2)26-18-12-16(14(3)11-17(18)22(24)25)15-7-9-21(10-8-15)19(23)27-20(4,5)6/h7,11-13H,8-10H2,1-6H3. The van der Waals surface area contributed by atoms with Crippen molar-refractivity contribution in [1.29, 1.82) is 0 Å². The third-order valence-corrected chi connectivity index (χ3v) is 4.07. The zero-order valence-corrected chi connectivity index (χ0v) is 16.9. The summed E-state index contributed by atoms with van der Waals surface area (Å²) in [6.45, 7) is 12.0. The van der Waals surface area contributed by atoms with Crippen LogP contribution in [0.4, 0.5) is 10.5 Å². The number of amides is 1. The predicted molar refractivity (Wildman–Crippen MR) is 104 cm³/mol. The van der Waals surface area contributed by atoms with Crippen LogP contribution >= 0.6 is 0 Å². The average molecular weight is 376 g/mol. The van der Waals surface area contributed by atoms with Crippen molar-refractivity contribution in [2.75, 3.05) is 13.1 Å². The Balaban J connectivity index is 2.26. The highest BCUT2D eigenvalue weighted by Crippen LogP contribution is 2.36. The summed E-state index contributed by atoms with van der Waals surface area (Å²) in [7, 11) is 0. The summed E-state index contributed by atoms with van der Waals surface area (Å²) >= 11 is 0. The fraction of sp³-hybridized carbons (Fsp3) is 0.550. The number of hydrogen-bond acceptors (Lipinski definition) is 5. The fourth-order valence-corrected chi connectivity index (χ4v) is 2.92. The van der Waals surface area contributed by atoms with Crippen LogP contribution in [-0.4, -0.2) is 40.7 Å². The molecule has 1 aromatic carbocycles. The number of carbonyl (C=O) groups is 1. The van der Waals surface area contributed by atoms with E-state index in [0.717, 1.165) is 16.7 Å². The molecule has 0 spiro atoms. The molecule has 2 rings (SSSR count). The first-order chi connectivity index (χ1) is 12.5. The van der Waals surface area contributed by atoms with Gasteiger partial charge in [0.05, 0.1) is 11.0 Å². The van der Waals surface area contributed by atoms with Crippen LogP contribution in [0.5, 0.6) is 5.75 Å². The lowest BCUT2D eigenvalue weighted by Gasteiger charge is -2.30. The molecule has 27 heavy (non-hydrogen) atoms. The third-order valence-electron chi connectivity index (χ3n) is 4.07. The largest absolute Gasteiger partial charge is 0.484 e. The normalized spacial score (nSPS) is 14.8. The Hall–Kier alpha value is -2.57. The maximum absolute atomic E-state index is 12.2. The molecule has 0 atom stereocenters. The van der Waals surface area contributed by atoms with Gasteiger partial charge in [-0.25, -0.2) is 4.79 Å². The van der Waals surface area contributed by atoms with Crippen molar-refractivity contribution >= 4 is 17.4 Å². The van der Waals surface area contributed by atoms with Gasteiger partial charge in [-0.05, 0) is 70.7 Å². The summed E-state index contributed by atoms with van der Waals surface area (Å²) in [4.78, 5) is 24.8. The molecule has 1 aliphatic heterocycles. The van der Waals surface area contributed by atoms with Gasteiger partial charge < -0.3 is 14.4 Å². The molecule has 1 amide bonds. The highest BCUT2D eigenvalue weighted by Gasteiger charge is 2.26. The van der Waals surface area contributed by atoms with Crippen molar-refractivity contribution in [1.82, 2.24) is 4.90 Å². The van der Waals surface area contributed by atoms with Gasteiger partial charge in [0.15, 0.2) is 5.75 Å². The van der Waals surface area contributed by atoms with Gasteiger partial charge in [-0.3, -0.25) is 10.1 Å². The van der Waals surface area contributed by atoms with Gasteiger partial charge in [-0.15, -0.1) is 0 Å². The maximum Gasteiger partial charge on any atom is 0.410 e. The fourth-order valence-electron chi connectivity index (χ4n) is 2.92. The number of aryl methyl sites for hydroxylation is 1. The Morgan fingerprint density at radius 3 is 2.44 bits per heavy atom. The van der Waals surface area contributed by atoms with E-state index in [-0.39, 0.29) is 23.6 Å². The summed E-state index contributed by atoms with van der Waals surface area (Å²) in [5, 5.41) is 11.3. The zero-order valence-electron chi connectivity index (χ0n) is 16.9. The first kappa shape index (κ1) is 20.7. The number of nitrogens with zero attached hydrogens (tertiary/aromatic N) is 2. The number of ether oxygens (including phenoxy) is 2. The Bertz CT molecular complexity index is 762. The molecule has 148 valence electrons. The quantitative estimate of drug-likeness (QED) is 0.561. The van der Waals surface area contributed by atoms with Crippen LogP contribution in [0.15, 0.2) is 18.2 Å². The van der Waals surface area contributed by atoms with Crippen molar-refractivity contribution in [2.45, 2.75) is 59.7 Å². The SMILES string of the molecule is Cc1cc([N+](=O)[O-])c(OC(C)C)cc1C1=CCN(C(=O)OC(C)(C)C)CC1. The van der Waals surface area contributed by atoms with Crippen LogP contribution in [0, 0.1) is 17.0 Å². The summed E-state index contributed by atoms with van der Waals surface area (Å²) in [6.07, 6.45) is 2.13. The Morgan fingerprint density at radius 2 is 1.96 bits per heavy atom. The lowest BCUT2D eigenvalue weighted by atomic mass is 9.94. The molecule has 0 aromatic heterocycles. The highest BCUT2D eigenvalue weighted by molar-refractivity contribution is 5.75. The smallest absolute Gasteiger partial charge is 0.410 e. The van der Waals surface area contributed by atoms with Gasteiger partial charge in [0.2, 0.25) is 0 Å². The monoisotopic (exact) mass is 376 g/mol. The number of carbonyl (C=O) groups excluding carboxylic acids is 1. The number of benzene rings is 1. The molecule has 0 fully saturated rings. The van der Waals surface area contributed by atoms with Crippen LogP contribution in [0.2, 0.25) is 0 Å². The molecule has 0 bridgehead atoms. The second-order valence-corrected chi connectivity index (χ2v) is 7.96. The number of rotatable bonds is 4. The zero-order chi connectivity index (χ0) is 20.4. The van der Waals surface area contributed by atoms with Crippen molar-refractivity contribution in [2.24, 2.45) is 0 Å². The van der Waals surface area contributed by atoms with E-state index < -0.39 is 10.5 Å². The topological polar surface area (TPSA) is 81.9 Å². The van der Waals surface area contributed by atoms with E-state index in [1.807, 2.05) is 47.6 Å². The van der Waals surface area contributed by atoms with E-state index in [9.17, 15) is 14.9 Å². The van der Waals surface area contributed by atoms with E-state index >= 15 is 0 Å². The molecule has 0 saturated heterocycles. The molecule has 7 nitrogen and oxygen atoms in total. The van der Waals surface area contributed by atoms with Gasteiger partial charge in [0.25, 0.3) is 0 Å². The van der Waals surface area contributed by atoms with E-state index in [1.165, 1.54) is 0 Å². The molecule has 7 heteroatoms. The van der Waals surface area contributed by atoms with Crippen molar-refractivity contribution in [3.05, 3.63) is 39.4 Å². The maximum atomic E-state index is 12.2. The molecule has 1 aliphatic rings. The molecule has 0 radical (unpaired) electrons. The summed E-state index contributed by atoms with van der Waals surface area (Å²) in [6, 6.07) is 3.29. The van der Waals surface area contributed by atoms with Gasteiger partial charge in [0, 0.05) is 19.2 Å².